The zero-order valence-corrected chi connectivity index (χ0v) is 20.6. The molecule has 1 heterocycles. The summed E-state index contributed by atoms with van der Waals surface area (Å²) in [5.74, 6) is 1.11. The van der Waals surface area contributed by atoms with Crippen molar-refractivity contribution in [3.05, 3.63) is 71.8 Å². The van der Waals surface area contributed by atoms with Crippen LogP contribution in [0.25, 0.3) is 0 Å². The first-order valence-corrected chi connectivity index (χ1v) is 10.4. The molecule has 5 nitrogen and oxygen atoms in total. The van der Waals surface area contributed by atoms with Crippen LogP contribution in [-0.2, 0) is 4.74 Å². The summed E-state index contributed by atoms with van der Waals surface area (Å²) in [6, 6.07) is 21.3. The molecule has 0 aromatic heterocycles. The highest BCUT2D eigenvalue weighted by atomic mass is 127. The van der Waals surface area contributed by atoms with Gasteiger partial charge in [0.1, 0.15) is 0 Å². The Balaban J connectivity index is 0.00000320. The van der Waals surface area contributed by atoms with E-state index in [4.69, 9.17) is 4.74 Å². The van der Waals surface area contributed by atoms with Gasteiger partial charge in [-0.3, -0.25) is 4.99 Å². The van der Waals surface area contributed by atoms with E-state index in [0.717, 1.165) is 45.1 Å². The molecule has 1 fully saturated rings. The summed E-state index contributed by atoms with van der Waals surface area (Å²) in [7, 11) is 6.15. The monoisotopic (exact) mass is 522 g/mol. The van der Waals surface area contributed by atoms with Crippen LogP contribution in [0.3, 0.4) is 0 Å². The maximum atomic E-state index is 5.58. The van der Waals surface area contributed by atoms with Gasteiger partial charge in [-0.2, -0.15) is 0 Å². The molecule has 3 rings (SSSR count). The summed E-state index contributed by atoms with van der Waals surface area (Å²) in [5, 5.41) is 7.11. The molecule has 0 unspecified atom stereocenters. The summed E-state index contributed by atoms with van der Waals surface area (Å²) in [6.07, 6.45) is 2.06. The molecule has 1 saturated heterocycles. The van der Waals surface area contributed by atoms with Crippen molar-refractivity contribution in [3.8, 4) is 0 Å². The van der Waals surface area contributed by atoms with Crippen LogP contribution in [0, 0.1) is 0 Å². The third-order valence-corrected chi connectivity index (χ3v) is 6.06. The normalized spacial score (nSPS) is 16.2. The summed E-state index contributed by atoms with van der Waals surface area (Å²) >= 11 is 0. The Hall–Kier alpha value is -1.64. The molecule has 0 radical (unpaired) electrons. The van der Waals surface area contributed by atoms with Crippen molar-refractivity contribution in [3.63, 3.8) is 0 Å². The fourth-order valence-corrected chi connectivity index (χ4v) is 4.00. The molecule has 2 N–H and O–H groups in total. The van der Waals surface area contributed by atoms with E-state index in [1.807, 2.05) is 7.05 Å². The SMILES string of the molecule is CN=C(NCC(c1ccccc1)c1ccccc1)NCC1(N(C)C)CCOCC1.I. The van der Waals surface area contributed by atoms with Crippen molar-refractivity contribution in [2.75, 3.05) is 47.4 Å². The van der Waals surface area contributed by atoms with Crippen LogP contribution < -0.4 is 10.6 Å². The van der Waals surface area contributed by atoms with Gasteiger partial charge in [-0.15, -0.1) is 24.0 Å². The largest absolute Gasteiger partial charge is 0.381 e. The van der Waals surface area contributed by atoms with E-state index < -0.39 is 0 Å². The van der Waals surface area contributed by atoms with Gasteiger partial charge in [0.05, 0.1) is 0 Å². The second-order valence-electron chi connectivity index (χ2n) is 7.91. The topological polar surface area (TPSA) is 48.9 Å². The number of likely N-dealkylation sites (N-methyl/N-ethyl adjacent to an activating group) is 1. The van der Waals surface area contributed by atoms with Crippen molar-refractivity contribution >= 4 is 29.9 Å². The summed E-state index contributed by atoms with van der Waals surface area (Å²) in [5.41, 5.74) is 2.71. The third kappa shape index (κ3) is 6.43. The fraction of sp³-hybridized carbons (Fsp3) is 0.458. The number of guanidine groups is 1. The summed E-state index contributed by atoms with van der Waals surface area (Å²) < 4.78 is 5.58. The predicted octanol–water partition coefficient (Wildman–Crippen LogP) is 3.71. The highest BCUT2D eigenvalue weighted by Crippen LogP contribution is 2.25. The van der Waals surface area contributed by atoms with Crippen LogP contribution in [-0.4, -0.2) is 63.8 Å². The zero-order chi connectivity index (χ0) is 20.5. The molecule has 164 valence electrons. The van der Waals surface area contributed by atoms with Crippen LogP contribution in [0.4, 0.5) is 0 Å². The smallest absolute Gasteiger partial charge is 0.191 e. The lowest BCUT2D eigenvalue weighted by atomic mass is 9.88. The molecule has 0 amide bonds. The minimum Gasteiger partial charge on any atom is -0.381 e. The first-order chi connectivity index (χ1) is 14.1. The quantitative estimate of drug-likeness (QED) is 0.331. The van der Waals surface area contributed by atoms with Gasteiger partial charge in [-0.25, -0.2) is 0 Å². The first kappa shape index (κ1) is 24.6. The number of aliphatic imine (C=N–C) groups is 1. The van der Waals surface area contributed by atoms with Gasteiger partial charge >= 0.3 is 0 Å². The highest BCUT2D eigenvalue weighted by Gasteiger charge is 2.34. The van der Waals surface area contributed by atoms with Crippen molar-refractivity contribution in [1.29, 1.82) is 0 Å². The Bertz CT molecular complexity index is 722. The minimum atomic E-state index is 0. The Labute approximate surface area is 198 Å². The number of hydrogen-bond acceptors (Lipinski definition) is 3. The minimum absolute atomic E-state index is 0. The highest BCUT2D eigenvalue weighted by molar-refractivity contribution is 14.0. The van der Waals surface area contributed by atoms with Gasteiger partial charge in [0.2, 0.25) is 0 Å². The summed E-state index contributed by atoms with van der Waals surface area (Å²) in [4.78, 5) is 6.79. The van der Waals surface area contributed by atoms with E-state index in [1.165, 1.54) is 11.1 Å². The van der Waals surface area contributed by atoms with Crippen LogP contribution in [0.2, 0.25) is 0 Å². The van der Waals surface area contributed by atoms with Crippen LogP contribution in [0.15, 0.2) is 65.7 Å². The summed E-state index contributed by atoms with van der Waals surface area (Å²) in [6.45, 7) is 3.27. The average molecular weight is 522 g/mol. The Morgan fingerprint density at radius 2 is 1.50 bits per heavy atom. The van der Waals surface area contributed by atoms with Gasteiger partial charge in [0, 0.05) is 44.8 Å². The van der Waals surface area contributed by atoms with Gasteiger partial charge in [0.25, 0.3) is 0 Å². The molecule has 6 heteroatoms. The third-order valence-electron chi connectivity index (χ3n) is 6.06. The number of halogens is 1. The Kier molecular flexibility index (Phi) is 10.1. The van der Waals surface area contributed by atoms with Crippen molar-refractivity contribution < 1.29 is 4.74 Å². The predicted molar refractivity (Wildman–Crippen MR) is 136 cm³/mol. The molecule has 30 heavy (non-hydrogen) atoms. The number of rotatable bonds is 7. The van der Waals surface area contributed by atoms with Crippen molar-refractivity contribution in [2.24, 2.45) is 4.99 Å². The number of hydrogen-bond donors (Lipinski definition) is 2. The Morgan fingerprint density at radius 3 is 1.97 bits per heavy atom. The van der Waals surface area contributed by atoms with E-state index in [1.54, 1.807) is 0 Å². The van der Waals surface area contributed by atoms with E-state index in [-0.39, 0.29) is 35.4 Å². The number of benzene rings is 2. The lowest BCUT2D eigenvalue weighted by Crippen LogP contribution is -2.57. The van der Waals surface area contributed by atoms with Crippen LogP contribution in [0.1, 0.15) is 29.9 Å². The standard InChI is InChI=1S/C24H34N4O.HI/c1-25-23(27-19-24(28(2)3)14-16-29-17-15-24)26-18-22(20-10-6-4-7-11-20)21-12-8-5-9-13-21;/h4-13,22H,14-19H2,1-3H3,(H2,25,26,27);1H. The van der Waals surface area contributed by atoms with Crippen molar-refractivity contribution in [1.82, 2.24) is 15.5 Å². The van der Waals surface area contributed by atoms with Crippen LogP contribution in [0.5, 0.6) is 0 Å². The molecule has 0 aliphatic carbocycles. The number of nitrogens with zero attached hydrogens (tertiary/aromatic N) is 2. The molecule has 0 spiro atoms. The second-order valence-corrected chi connectivity index (χ2v) is 7.91. The maximum absolute atomic E-state index is 5.58. The number of nitrogens with one attached hydrogen (secondary N) is 2. The van der Waals surface area contributed by atoms with E-state index in [2.05, 4.69) is 95.3 Å². The molecule has 2 aromatic rings. The van der Waals surface area contributed by atoms with Gasteiger partial charge in [0.15, 0.2) is 5.96 Å². The first-order valence-electron chi connectivity index (χ1n) is 10.4. The molecule has 1 aliphatic heterocycles. The Morgan fingerprint density at radius 1 is 0.967 bits per heavy atom. The maximum Gasteiger partial charge on any atom is 0.191 e. The average Bonchev–Trinajstić information content (AvgIpc) is 2.78. The molecular formula is C24H35IN4O. The molecular weight excluding hydrogens is 487 g/mol. The zero-order valence-electron chi connectivity index (χ0n) is 18.3. The molecule has 0 saturated carbocycles. The van der Waals surface area contributed by atoms with Crippen LogP contribution >= 0.6 is 24.0 Å². The van der Waals surface area contributed by atoms with E-state index >= 15 is 0 Å². The van der Waals surface area contributed by atoms with E-state index in [0.29, 0.717) is 0 Å². The molecule has 2 aromatic carbocycles. The van der Waals surface area contributed by atoms with Crippen molar-refractivity contribution in [2.45, 2.75) is 24.3 Å². The lowest BCUT2D eigenvalue weighted by Gasteiger charge is -2.43. The van der Waals surface area contributed by atoms with Gasteiger partial charge in [-0.05, 0) is 38.1 Å². The molecule has 0 bridgehead atoms. The lowest BCUT2D eigenvalue weighted by molar-refractivity contribution is -0.00501. The van der Waals surface area contributed by atoms with E-state index in [9.17, 15) is 0 Å². The molecule has 0 atom stereocenters. The molecule has 1 aliphatic rings. The number of ether oxygens (including phenoxy) is 1. The second kappa shape index (κ2) is 12.3. The fourth-order valence-electron chi connectivity index (χ4n) is 4.00. The van der Waals surface area contributed by atoms with Gasteiger partial charge < -0.3 is 20.3 Å². The van der Waals surface area contributed by atoms with Gasteiger partial charge in [-0.1, -0.05) is 60.7 Å².